The second-order valence-corrected chi connectivity index (χ2v) is 7.59. The molecule has 0 radical (unpaired) electrons. The van der Waals surface area contributed by atoms with Crippen LogP contribution < -0.4 is 5.32 Å². The Hall–Kier alpha value is -2.68. The molecule has 2 heterocycles. The van der Waals surface area contributed by atoms with Crippen LogP contribution in [0.15, 0.2) is 46.1 Å². The van der Waals surface area contributed by atoms with E-state index in [1.165, 1.54) is 18.2 Å². The van der Waals surface area contributed by atoms with Crippen LogP contribution in [0.1, 0.15) is 18.4 Å². The van der Waals surface area contributed by atoms with Crippen LogP contribution in [-0.2, 0) is 19.4 Å². The number of benzene rings is 1. The predicted molar refractivity (Wildman–Crippen MR) is 84.5 cm³/mol. The van der Waals surface area contributed by atoms with Gasteiger partial charge in [0.1, 0.15) is 6.61 Å². The van der Waals surface area contributed by atoms with E-state index in [1.54, 1.807) is 13.0 Å². The van der Waals surface area contributed by atoms with E-state index >= 15 is 0 Å². The first-order valence-electron chi connectivity index (χ1n) is 7.03. The maximum absolute atomic E-state index is 12.3. The minimum absolute atomic E-state index is 0.0142. The average Bonchev–Trinajstić information content (AvgIpc) is 2.85. The summed E-state index contributed by atoms with van der Waals surface area (Å²) >= 11 is 0. The molecule has 9 heteroatoms. The highest BCUT2D eigenvalue weighted by Crippen LogP contribution is 2.45. The first-order valence-corrected chi connectivity index (χ1v) is 8.92. The van der Waals surface area contributed by atoms with Crippen molar-refractivity contribution in [3.8, 4) is 0 Å². The number of carbonyl (C=O) groups excluding carboxylic acids is 1. The van der Waals surface area contributed by atoms with E-state index in [0.717, 1.165) is 6.26 Å². The zero-order valence-corrected chi connectivity index (χ0v) is 13.7. The van der Waals surface area contributed by atoms with Gasteiger partial charge in [0.15, 0.2) is 9.84 Å². The standard InChI is InChI=1S/C15H14N2O6S/c1-8-14(24(2,21)22)12(13-10(16-8)7-23-15(13)18)9-5-3-4-6-11(9)17(19)20/h3-6,12,16H,7H2,1-2H3. The Morgan fingerprint density at radius 2 is 2.00 bits per heavy atom. The van der Waals surface area contributed by atoms with Crippen molar-refractivity contribution in [1.29, 1.82) is 0 Å². The van der Waals surface area contributed by atoms with Crippen molar-refractivity contribution in [1.82, 2.24) is 5.32 Å². The van der Waals surface area contributed by atoms with E-state index in [2.05, 4.69) is 5.32 Å². The number of dihydropyridines is 1. The lowest BCUT2D eigenvalue weighted by atomic mass is 9.86. The minimum atomic E-state index is -3.72. The van der Waals surface area contributed by atoms with Crippen LogP contribution in [0.5, 0.6) is 0 Å². The van der Waals surface area contributed by atoms with Gasteiger partial charge in [0.25, 0.3) is 5.69 Å². The van der Waals surface area contributed by atoms with Gasteiger partial charge < -0.3 is 10.1 Å². The van der Waals surface area contributed by atoms with E-state index in [4.69, 9.17) is 4.74 Å². The number of nitrogens with zero attached hydrogens (tertiary/aromatic N) is 1. The van der Waals surface area contributed by atoms with Crippen molar-refractivity contribution >= 4 is 21.5 Å². The molecule has 2 aliphatic heterocycles. The summed E-state index contributed by atoms with van der Waals surface area (Å²) < 4.78 is 29.6. The van der Waals surface area contributed by atoms with Gasteiger partial charge >= 0.3 is 5.97 Å². The molecule has 1 aromatic carbocycles. The topological polar surface area (TPSA) is 116 Å². The van der Waals surface area contributed by atoms with Crippen molar-refractivity contribution in [3.63, 3.8) is 0 Å². The average molecular weight is 350 g/mol. The summed E-state index contributed by atoms with van der Waals surface area (Å²) in [6.45, 7) is 1.55. The van der Waals surface area contributed by atoms with Gasteiger partial charge in [-0.05, 0) is 6.92 Å². The van der Waals surface area contributed by atoms with Gasteiger partial charge in [-0.1, -0.05) is 18.2 Å². The lowest BCUT2D eigenvalue weighted by Crippen LogP contribution is -2.29. The minimum Gasteiger partial charge on any atom is -0.456 e. The van der Waals surface area contributed by atoms with E-state index in [0.29, 0.717) is 11.4 Å². The number of sulfone groups is 1. The molecule has 0 bridgehead atoms. The molecule has 1 aromatic rings. The number of nitro groups is 1. The molecule has 1 atom stereocenters. The number of hydrogen-bond acceptors (Lipinski definition) is 7. The van der Waals surface area contributed by atoms with Gasteiger partial charge in [-0.25, -0.2) is 13.2 Å². The van der Waals surface area contributed by atoms with Crippen LogP contribution in [-0.4, -0.2) is 32.2 Å². The third kappa shape index (κ3) is 2.46. The van der Waals surface area contributed by atoms with Gasteiger partial charge in [-0.2, -0.15) is 0 Å². The molecule has 0 fully saturated rings. The zero-order valence-electron chi connectivity index (χ0n) is 12.9. The van der Waals surface area contributed by atoms with Crippen LogP contribution in [0.3, 0.4) is 0 Å². The molecule has 0 saturated carbocycles. The van der Waals surface area contributed by atoms with Crippen molar-refractivity contribution in [2.45, 2.75) is 12.8 Å². The van der Waals surface area contributed by atoms with Gasteiger partial charge in [0, 0.05) is 23.6 Å². The van der Waals surface area contributed by atoms with Crippen molar-refractivity contribution in [2.75, 3.05) is 12.9 Å². The molecule has 0 aromatic heterocycles. The fraction of sp³-hybridized carbons (Fsp3) is 0.267. The molecule has 0 saturated heterocycles. The molecule has 0 amide bonds. The second kappa shape index (κ2) is 5.45. The molecule has 24 heavy (non-hydrogen) atoms. The third-order valence-electron chi connectivity index (χ3n) is 4.00. The fourth-order valence-corrected chi connectivity index (χ4v) is 4.41. The van der Waals surface area contributed by atoms with Gasteiger partial charge in [0.05, 0.1) is 27.0 Å². The molecule has 1 N–H and O–H groups in total. The highest BCUT2D eigenvalue weighted by atomic mass is 32.2. The van der Waals surface area contributed by atoms with Crippen LogP contribution in [0.4, 0.5) is 5.69 Å². The number of carbonyl (C=O) groups is 1. The first kappa shape index (κ1) is 16.2. The summed E-state index contributed by atoms with van der Waals surface area (Å²) in [5, 5.41) is 14.2. The van der Waals surface area contributed by atoms with Gasteiger partial charge in [-0.3, -0.25) is 10.1 Å². The fourth-order valence-electron chi connectivity index (χ4n) is 3.13. The predicted octanol–water partition coefficient (Wildman–Crippen LogP) is 1.37. The summed E-state index contributed by atoms with van der Waals surface area (Å²) in [6, 6.07) is 5.80. The zero-order chi connectivity index (χ0) is 17.6. The number of hydrogen-bond donors (Lipinski definition) is 1. The number of para-hydroxylation sites is 1. The normalized spacial score (nSPS) is 20.6. The second-order valence-electron chi connectivity index (χ2n) is 5.60. The van der Waals surface area contributed by atoms with Crippen LogP contribution >= 0.6 is 0 Å². The molecule has 8 nitrogen and oxygen atoms in total. The molecule has 126 valence electrons. The number of allylic oxidation sites excluding steroid dienone is 2. The highest BCUT2D eigenvalue weighted by Gasteiger charge is 2.44. The highest BCUT2D eigenvalue weighted by molar-refractivity contribution is 7.94. The lowest BCUT2D eigenvalue weighted by molar-refractivity contribution is -0.385. The molecular formula is C15H14N2O6S. The molecule has 0 aliphatic carbocycles. The maximum Gasteiger partial charge on any atom is 0.337 e. The summed E-state index contributed by atoms with van der Waals surface area (Å²) in [6.07, 6.45) is 1.02. The smallest absolute Gasteiger partial charge is 0.337 e. The molecule has 2 aliphatic rings. The summed E-state index contributed by atoms with van der Waals surface area (Å²) in [5.41, 5.74) is 0.779. The Balaban J connectivity index is 2.33. The first-order chi connectivity index (χ1) is 11.2. The van der Waals surface area contributed by atoms with Gasteiger partial charge in [-0.15, -0.1) is 0 Å². The monoisotopic (exact) mass is 350 g/mol. The largest absolute Gasteiger partial charge is 0.456 e. The maximum atomic E-state index is 12.3. The Morgan fingerprint density at radius 1 is 1.33 bits per heavy atom. The number of ether oxygens (including phenoxy) is 1. The third-order valence-corrected chi connectivity index (χ3v) is 5.34. The van der Waals surface area contributed by atoms with Gasteiger partial charge in [0.2, 0.25) is 0 Å². The molecular weight excluding hydrogens is 336 g/mol. The summed E-state index contributed by atoms with van der Waals surface area (Å²) in [4.78, 5) is 22.9. The number of nitro benzene ring substituents is 1. The van der Waals surface area contributed by atoms with Crippen molar-refractivity contribution in [2.24, 2.45) is 0 Å². The number of esters is 1. The molecule has 1 unspecified atom stereocenters. The molecule has 3 rings (SSSR count). The van der Waals surface area contributed by atoms with Crippen LogP contribution in [0, 0.1) is 10.1 Å². The van der Waals surface area contributed by atoms with E-state index in [1.807, 2.05) is 0 Å². The van der Waals surface area contributed by atoms with Crippen molar-refractivity contribution in [3.05, 3.63) is 61.8 Å². The Labute approximate surface area is 137 Å². The van der Waals surface area contributed by atoms with E-state index < -0.39 is 26.6 Å². The van der Waals surface area contributed by atoms with Crippen molar-refractivity contribution < 1.29 is 22.9 Å². The Bertz CT molecular complexity index is 929. The summed E-state index contributed by atoms with van der Waals surface area (Å²) in [7, 11) is -3.72. The summed E-state index contributed by atoms with van der Waals surface area (Å²) in [5.74, 6) is -1.73. The quantitative estimate of drug-likeness (QED) is 0.497. The number of nitrogens with one attached hydrogen (secondary N) is 1. The van der Waals surface area contributed by atoms with E-state index in [-0.39, 0.29) is 28.3 Å². The SMILES string of the molecule is CC1=C(S(C)(=O)=O)C(c2ccccc2[N+](=O)[O-])C2=C(COC2=O)N1. The van der Waals surface area contributed by atoms with Crippen LogP contribution in [0.25, 0.3) is 0 Å². The number of rotatable bonds is 3. The lowest BCUT2D eigenvalue weighted by Gasteiger charge is -2.27. The molecule has 0 spiro atoms. The number of cyclic esters (lactones) is 1. The van der Waals surface area contributed by atoms with E-state index in [9.17, 15) is 23.3 Å². The van der Waals surface area contributed by atoms with Crippen LogP contribution in [0.2, 0.25) is 0 Å². The Kier molecular flexibility index (Phi) is 3.67. The Morgan fingerprint density at radius 3 is 2.62 bits per heavy atom.